The van der Waals surface area contributed by atoms with Crippen LogP contribution in [-0.2, 0) is 11.0 Å². The molecule has 166 valence electrons. The first-order chi connectivity index (χ1) is 14.9. The number of hydrogen-bond donors (Lipinski definition) is 1. The van der Waals surface area contributed by atoms with Crippen molar-refractivity contribution in [2.75, 3.05) is 41.3 Å². The molecular formula is C23H27F3N4O. The number of benzene rings is 1. The van der Waals surface area contributed by atoms with E-state index in [-0.39, 0.29) is 11.8 Å². The van der Waals surface area contributed by atoms with Gasteiger partial charge in [-0.3, -0.25) is 4.79 Å². The molecule has 2 saturated heterocycles. The first-order valence-corrected chi connectivity index (χ1v) is 10.8. The topological polar surface area (TPSA) is 48.5 Å². The van der Waals surface area contributed by atoms with Gasteiger partial charge in [-0.2, -0.15) is 13.2 Å². The monoisotopic (exact) mass is 432 g/mol. The van der Waals surface area contributed by atoms with Gasteiger partial charge in [0.2, 0.25) is 5.91 Å². The molecule has 5 nitrogen and oxygen atoms in total. The molecule has 31 heavy (non-hydrogen) atoms. The molecule has 1 amide bonds. The van der Waals surface area contributed by atoms with Gasteiger partial charge in [0.25, 0.3) is 0 Å². The Kier molecular flexibility index (Phi) is 6.34. The fourth-order valence-electron chi connectivity index (χ4n) is 4.34. The number of carbonyl (C=O) groups excluding carboxylic acids is 1. The minimum Gasteiger partial charge on any atom is -0.370 e. The average Bonchev–Trinajstić information content (AvgIpc) is 2.80. The van der Waals surface area contributed by atoms with Gasteiger partial charge in [-0.1, -0.05) is 12.1 Å². The molecule has 1 aromatic carbocycles. The Morgan fingerprint density at radius 1 is 0.935 bits per heavy atom. The largest absolute Gasteiger partial charge is 0.417 e. The zero-order chi connectivity index (χ0) is 21.8. The summed E-state index contributed by atoms with van der Waals surface area (Å²) in [6, 6.07) is 10.4. The van der Waals surface area contributed by atoms with E-state index in [4.69, 9.17) is 0 Å². The number of aromatic nitrogens is 1. The van der Waals surface area contributed by atoms with E-state index in [1.54, 1.807) is 0 Å². The van der Waals surface area contributed by atoms with Crippen molar-refractivity contribution in [2.45, 2.75) is 38.3 Å². The van der Waals surface area contributed by atoms with Crippen LogP contribution in [0.5, 0.6) is 0 Å². The number of rotatable bonds is 4. The Balaban J connectivity index is 1.35. The Labute approximate surface area is 180 Å². The number of piperidine rings is 2. The van der Waals surface area contributed by atoms with Crippen LogP contribution in [0.2, 0.25) is 0 Å². The Bertz CT molecular complexity index is 886. The van der Waals surface area contributed by atoms with Crippen molar-refractivity contribution in [2.24, 2.45) is 5.92 Å². The highest BCUT2D eigenvalue weighted by Crippen LogP contribution is 2.32. The third-order valence-electron chi connectivity index (χ3n) is 6.12. The van der Waals surface area contributed by atoms with E-state index in [2.05, 4.69) is 21.3 Å². The van der Waals surface area contributed by atoms with Crippen LogP contribution in [0.4, 0.5) is 30.4 Å². The minimum absolute atomic E-state index is 0.00416. The van der Waals surface area contributed by atoms with Gasteiger partial charge in [-0.15, -0.1) is 0 Å². The first-order valence-electron chi connectivity index (χ1n) is 10.8. The number of carbonyl (C=O) groups is 1. The number of hydrogen-bond acceptors (Lipinski definition) is 4. The molecule has 4 rings (SSSR count). The smallest absolute Gasteiger partial charge is 0.370 e. The zero-order valence-corrected chi connectivity index (χ0v) is 17.4. The van der Waals surface area contributed by atoms with Gasteiger partial charge < -0.3 is 15.1 Å². The second-order valence-electron chi connectivity index (χ2n) is 8.22. The van der Waals surface area contributed by atoms with Gasteiger partial charge in [-0.05, 0) is 56.4 Å². The number of pyridine rings is 1. The summed E-state index contributed by atoms with van der Waals surface area (Å²) in [6.07, 6.45) is 1.34. The number of para-hydroxylation sites is 2. The SMILES string of the molecule is O=C(Nc1ccccc1N1CCCCC1)C1CCN(c2ccc(C(F)(F)F)cn2)CC1. The lowest BCUT2D eigenvalue weighted by atomic mass is 9.95. The molecule has 8 heteroatoms. The Morgan fingerprint density at radius 3 is 2.29 bits per heavy atom. The second kappa shape index (κ2) is 9.16. The molecule has 2 aliphatic rings. The van der Waals surface area contributed by atoms with Crippen molar-refractivity contribution in [1.29, 1.82) is 0 Å². The maximum Gasteiger partial charge on any atom is 0.417 e. The van der Waals surface area contributed by atoms with Gasteiger partial charge in [-0.25, -0.2) is 4.98 Å². The van der Waals surface area contributed by atoms with Crippen LogP contribution in [0, 0.1) is 5.92 Å². The van der Waals surface area contributed by atoms with Crippen molar-refractivity contribution < 1.29 is 18.0 Å². The van der Waals surface area contributed by atoms with E-state index in [0.717, 1.165) is 36.7 Å². The standard InChI is InChI=1S/C23H27F3N4O/c24-23(25,26)18-8-9-21(27-16-18)30-14-10-17(11-15-30)22(31)28-19-6-2-3-7-20(19)29-12-4-1-5-13-29/h2-3,6-9,16-17H,1,4-5,10-15H2,(H,28,31). The van der Waals surface area contributed by atoms with Crippen molar-refractivity contribution in [3.8, 4) is 0 Å². The summed E-state index contributed by atoms with van der Waals surface area (Å²) in [6.45, 7) is 3.19. The molecule has 1 aromatic heterocycles. The fraction of sp³-hybridized carbons (Fsp3) is 0.478. The molecule has 1 N–H and O–H groups in total. The normalized spacial score (nSPS) is 18.2. The van der Waals surface area contributed by atoms with E-state index >= 15 is 0 Å². The maximum atomic E-state index is 12.9. The summed E-state index contributed by atoms with van der Waals surface area (Å²) in [5, 5.41) is 3.12. The lowest BCUT2D eigenvalue weighted by Gasteiger charge is -2.33. The van der Waals surface area contributed by atoms with Crippen LogP contribution >= 0.6 is 0 Å². The molecule has 0 saturated carbocycles. The van der Waals surface area contributed by atoms with Gasteiger partial charge in [0, 0.05) is 38.3 Å². The minimum atomic E-state index is -4.39. The number of alkyl halides is 3. The number of nitrogens with one attached hydrogen (secondary N) is 1. The lowest BCUT2D eigenvalue weighted by Crippen LogP contribution is -2.39. The quantitative estimate of drug-likeness (QED) is 0.743. The summed E-state index contributed by atoms with van der Waals surface area (Å²) in [4.78, 5) is 21.1. The summed E-state index contributed by atoms with van der Waals surface area (Å²) in [5.74, 6) is 0.395. The maximum absolute atomic E-state index is 12.9. The molecule has 3 heterocycles. The van der Waals surface area contributed by atoms with Crippen LogP contribution in [0.1, 0.15) is 37.7 Å². The molecule has 0 radical (unpaired) electrons. The molecule has 0 spiro atoms. The van der Waals surface area contributed by atoms with Crippen LogP contribution in [0.15, 0.2) is 42.6 Å². The fourth-order valence-corrected chi connectivity index (χ4v) is 4.34. The number of anilines is 3. The van der Waals surface area contributed by atoms with E-state index < -0.39 is 11.7 Å². The van der Waals surface area contributed by atoms with Crippen molar-refractivity contribution in [3.05, 3.63) is 48.2 Å². The zero-order valence-electron chi connectivity index (χ0n) is 17.4. The third-order valence-corrected chi connectivity index (χ3v) is 6.12. The van der Waals surface area contributed by atoms with Crippen LogP contribution in [0.3, 0.4) is 0 Å². The highest BCUT2D eigenvalue weighted by molar-refractivity contribution is 5.96. The third kappa shape index (κ3) is 5.11. The average molecular weight is 432 g/mol. The van der Waals surface area contributed by atoms with E-state index in [1.807, 2.05) is 23.1 Å². The first kappa shape index (κ1) is 21.5. The van der Waals surface area contributed by atoms with Crippen LogP contribution in [-0.4, -0.2) is 37.1 Å². The predicted octanol–water partition coefficient (Wildman–Crippen LogP) is 4.95. The molecule has 0 bridgehead atoms. The Hall–Kier alpha value is -2.77. The van der Waals surface area contributed by atoms with Gasteiger partial charge in [0.05, 0.1) is 16.9 Å². The highest BCUT2D eigenvalue weighted by atomic mass is 19.4. The molecule has 0 unspecified atom stereocenters. The van der Waals surface area contributed by atoms with Gasteiger partial charge in [0.1, 0.15) is 5.82 Å². The molecule has 2 aromatic rings. The van der Waals surface area contributed by atoms with Crippen molar-refractivity contribution in [3.63, 3.8) is 0 Å². The number of halogens is 3. The molecular weight excluding hydrogens is 405 g/mol. The summed E-state index contributed by atoms with van der Waals surface area (Å²) < 4.78 is 38.2. The molecule has 2 fully saturated rings. The summed E-state index contributed by atoms with van der Waals surface area (Å²) in [7, 11) is 0. The van der Waals surface area contributed by atoms with Gasteiger partial charge >= 0.3 is 6.18 Å². The highest BCUT2D eigenvalue weighted by Gasteiger charge is 2.31. The van der Waals surface area contributed by atoms with E-state index in [1.165, 1.54) is 25.3 Å². The van der Waals surface area contributed by atoms with Crippen LogP contribution in [0.25, 0.3) is 0 Å². The molecule has 0 aliphatic carbocycles. The van der Waals surface area contributed by atoms with E-state index in [9.17, 15) is 18.0 Å². The van der Waals surface area contributed by atoms with Gasteiger partial charge in [0.15, 0.2) is 0 Å². The van der Waals surface area contributed by atoms with E-state index in [0.29, 0.717) is 31.7 Å². The number of amides is 1. The Morgan fingerprint density at radius 2 is 1.65 bits per heavy atom. The van der Waals surface area contributed by atoms with Crippen molar-refractivity contribution >= 4 is 23.1 Å². The number of nitrogens with zero attached hydrogens (tertiary/aromatic N) is 3. The van der Waals surface area contributed by atoms with Crippen molar-refractivity contribution in [1.82, 2.24) is 4.98 Å². The lowest BCUT2D eigenvalue weighted by molar-refractivity contribution is -0.137. The summed E-state index contributed by atoms with van der Waals surface area (Å²) in [5.41, 5.74) is 1.17. The van der Waals surface area contributed by atoms with Crippen LogP contribution < -0.4 is 15.1 Å². The summed E-state index contributed by atoms with van der Waals surface area (Å²) >= 11 is 0. The predicted molar refractivity (Wildman–Crippen MR) is 115 cm³/mol. The molecule has 0 atom stereocenters. The second-order valence-corrected chi connectivity index (χ2v) is 8.22. The molecule has 2 aliphatic heterocycles.